The molecule has 0 unspecified atom stereocenters. The van der Waals surface area contributed by atoms with E-state index in [1.54, 1.807) is 7.11 Å². The first-order valence-corrected chi connectivity index (χ1v) is 10.0. The minimum atomic E-state index is -0.693. The van der Waals surface area contributed by atoms with Crippen molar-refractivity contribution in [3.63, 3.8) is 0 Å². The summed E-state index contributed by atoms with van der Waals surface area (Å²) >= 11 is 3.54. The minimum absolute atomic E-state index is 0.235. The summed E-state index contributed by atoms with van der Waals surface area (Å²) in [5.41, 5.74) is 3.15. The van der Waals surface area contributed by atoms with Gasteiger partial charge in [0.2, 0.25) is 12.1 Å². The van der Waals surface area contributed by atoms with Crippen LogP contribution in [0.15, 0.2) is 70.2 Å². The molecule has 0 spiro atoms. The number of aromatic nitrogens is 2. The van der Waals surface area contributed by atoms with Gasteiger partial charge in [0.25, 0.3) is 5.90 Å². The molecule has 0 saturated carbocycles. The SMILES string of the molecule is COc1cccc(-c2cc(C3=NN(C(C)=O)[C@@H](/C(Br)=C/c4ccccc4)O3)[nH]n2)c1. The number of amides is 1. The highest BCUT2D eigenvalue weighted by Gasteiger charge is 2.34. The van der Waals surface area contributed by atoms with Gasteiger partial charge in [-0.1, -0.05) is 42.5 Å². The number of rotatable bonds is 5. The third-order valence-electron chi connectivity index (χ3n) is 4.48. The molecule has 2 heterocycles. The van der Waals surface area contributed by atoms with Gasteiger partial charge >= 0.3 is 0 Å². The molecule has 1 N–H and O–H groups in total. The van der Waals surface area contributed by atoms with Gasteiger partial charge in [-0.15, -0.1) is 5.10 Å². The molecule has 30 heavy (non-hydrogen) atoms. The average Bonchev–Trinajstić information content (AvgIpc) is 3.42. The number of aromatic amines is 1. The highest BCUT2D eigenvalue weighted by molar-refractivity contribution is 9.11. The second-order valence-corrected chi connectivity index (χ2v) is 7.49. The molecule has 1 aliphatic rings. The Bertz CT molecular complexity index is 1120. The number of hydrazone groups is 1. The number of H-pyrrole nitrogens is 1. The van der Waals surface area contributed by atoms with E-state index >= 15 is 0 Å². The molecule has 152 valence electrons. The Morgan fingerprint density at radius 3 is 2.73 bits per heavy atom. The Hall–Kier alpha value is -3.39. The van der Waals surface area contributed by atoms with Gasteiger partial charge in [0.05, 0.1) is 17.3 Å². The Kier molecular flexibility index (Phi) is 5.67. The maximum absolute atomic E-state index is 12.1. The molecule has 7 nitrogen and oxygen atoms in total. The number of benzene rings is 2. The quantitative estimate of drug-likeness (QED) is 0.604. The summed E-state index contributed by atoms with van der Waals surface area (Å²) in [5.74, 6) is 0.792. The molecule has 0 aliphatic carbocycles. The van der Waals surface area contributed by atoms with Gasteiger partial charge in [-0.2, -0.15) is 10.1 Å². The zero-order valence-electron chi connectivity index (χ0n) is 16.4. The first-order chi connectivity index (χ1) is 14.5. The molecule has 0 fully saturated rings. The highest BCUT2D eigenvalue weighted by Crippen LogP contribution is 2.29. The van der Waals surface area contributed by atoms with Gasteiger partial charge in [-0.05, 0) is 45.8 Å². The Labute approximate surface area is 182 Å². The number of hydrogen-bond acceptors (Lipinski definition) is 5. The normalized spacial score (nSPS) is 16.2. The van der Waals surface area contributed by atoms with Crippen molar-refractivity contribution in [2.45, 2.75) is 13.2 Å². The fourth-order valence-electron chi connectivity index (χ4n) is 3.00. The van der Waals surface area contributed by atoms with Crippen molar-refractivity contribution in [3.05, 3.63) is 76.4 Å². The molecule has 0 radical (unpaired) electrons. The van der Waals surface area contributed by atoms with Crippen LogP contribution in [0.1, 0.15) is 18.2 Å². The Balaban J connectivity index is 1.60. The lowest BCUT2D eigenvalue weighted by molar-refractivity contribution is -0.133. The number of nitrogens with zero attached hydrogens (tertiary/aromatic N) is 3. The summed E-state index contributed by atoms with van der Waals surface area (Å²) in [4.78, 5) is 12.1. The van der Waals surface area contributed by atoms with Crippen LogP contribution in [0.25, 0.3) is 17.3 Å². The van der Waals surface area contributed by atoms with Crippen molar-refractivity contribution in [3.8, 4) is 17.0 Å². The summed E-state index contributed by atoms with van der Waals surface area (Å²) in [6, 6.07) is 19.2. The van der Waals surface area contributed by atoms with Crippen molar-refractivity contribution in [2.75, 3.05) is 7.11 Å². The molecule has 8 heteroatoms. The third-order valence-corrected chi connectivity index (χ3v) is 5.10. The van der Waals surface area contributed by atoms with E-state index in [1.807, 2.05) is 66.7 Å². The number of ether oxygens (including phenoxy) is 2. The summed E-state index contributed by atoms with van der Waals surface area (Å²) < 4.78 is 11.9. The number of carbonyl (C=O) groups is 1. The van der Waals surface area contributed by atoms with Crippen LogP contribution >= 0.6 is 15.9 Å². The van der Waals surface area contributed by atoms with Gasteiger partial charge in [0.15, 0.2) is 0 Å². The largest absolute Gasteiger partial charge is 0.497 e. The monoisotopic (exact) mass is 466 g/mol. The number of carbonyl (C=O) groups excluding carboxylic acids is 1. The molecular weight excluding hydrogens is 448 g/mol. The fraction of sp³-hybridized carbons (Fsp3) is 0.136. The number of halogens is 1. The van der Waals surface area contributed by atoms with E-state index in [0.717, 1.165) is 16.9 Å². The molecule has 2 aromatic carbocycles. The van der Waals surface area contributed by atoms with Gasteiger partial charge in [0, 0.05) is 12.5 Å². The van der Waals surface area contributed by atoms with Gasteiger partial charge in [-0.25, -0.2) is 0 Å². The van der Waals surface area contributed by atoms with Crippen LogP contribution in [0.4, 0.5) is 0 Å². The zero-order chi connectivity index (χ0) is 21.1. The topological polar surface area (TPSA) is 79.8 Å². The molecule has 1 amide bonds. The van der Waals surface area contributed by atoms with Crippen molar-refractivity contribution < 1.29 is 14.3 Å². The van der Waals surface area contributed by atoms with Crippen LogP contribution in [0.3, 0.4) is 0 Å². The van der Waals surface area contributed by atoms with E-state index in [-0.39, 0.29) is 11.8 Å². The lowest BCUT2D eigenvalue weighted by Crippen LogP contribution is -2.32. The van der Waals surface area contributed by atoms with E-state index in [0.29, 0.717) is 15.9 Å². The predicted octanol–water partition coefficient (Wildman–Crippen LogP) is 4.39. The van der Waals surface area contributed by atoms with E-state index in [4.69, 9.17) is 9.47 Å². The number of nitrogens with one attached hydrogen (secondary N) is 1. The molecular formula is C22H19BrN4O3. The number of hydrogen-bond donors (Lipinski definition) is 1. The highest BCUT2D eigenvalue weighted by atomic mass is 79.9. The van der Waals surface area contributed by atoms with Crippen LogP contribution in [0, 0.1) is 0 Å². The lowest BCUT2D eigenvalue weighted by atomic mass is 10.1. The standard InChI is InChI=1S/C22H19BrN4O3/c1-14(28)27-22(18(23)11-15-7-4-3-5-8-15)30-21(26-27)20-13-19(24-25-20)16-9-6-10-17(12-16)29-2/h3-13,22H,1-2H3,(H,24,25)/b18-11-/t22-/m1/s1. The molecule has 1 atom stereocenters. The minimum Gasteiger partial charge on any atom is -0.497 e. The molecule has 1 aliphatic heterocycles. The fourth-order valence-corrected chi connectivity index (χ4v) is 3.55. The first-order valence-electron chi connectivity index (χ1n) is 9.22. The summed E-state index contributed by atoms with van der Waals surface area (Å²) in [6.45, 7) is 1.44. The van der Waals surface area contributed by atoms with Crippen molar-refractivity contribution in [2.24, 2.45) is 5.10 Å². The summed E-state index contributed by atoms with van der Waals surface area (Å²) in [6.07, 6.45) is 1.20. The van der Waals surface area contributed by atoms with E-state index in [2.05, 4.69) is 31.2 Å². The maximum Gasteiger partial charge on any atom is 0.259 e. The molecule has 0 saturated heterocycles. The van der Waals surface area contributed by atoms with Crippen LogP contribution in [-0.2, 0) is 9.53 Å². The Morgan fingerprint density at radius 1 is 1.20 bits per heavy atom. The van der Waals surface area contributed by atoms with E-state index in [1.165, 1.54) is 11.9 Å². The van der Waals surface area contributed by atoms with Crippen molar-refractivity contribution in [1.82, 2.24) is 15.2 Å². The maximum atomic E-state index is 12.1. The predicted molar refractivity (Wildman–Crippen MR) is 118 cm³/mol. The summed E-state index contributed by atoms with van der Waals surface area (Å²) in [5, 5.41) is 12.9. The van der Waals surface area contributed by atoms with Crippen LogP contribution in [0.5, 0.6) is 5.75 Å². The second kappa shape index (κ2) is 8.54. The molecule has 0 bridgehead atoms. The van der Waals surface area contributed by atoms with Crippen molar-refractivity contribution in [1.29, 1.82) is 0 Å². The van der Waals surface area contributed by atoms with Crippen LogP contribution in [-0.4, -0.2) is 40.3 Å². The smallest absolute Gasteiger partial charge is 0.259 e. The van der Waals surface area contributed by atoms with E-state index < -0.39 is 6.23 Å². The first kappa shape index (κ1) is 19.9. The van der Waals surface area contributed by atoms with Gasteiger partial charge in [-0.3, -0.25) is 9.89 Å². The van der Waals surface area contributed by atoms with Crippen LogP contribution < -0.4 is 4.74 Å². The Morgan fingerprint density at radius 2 is 2.00 bits per heavy atom. The summed E-state index contributed by atoms with van der Waals surface area (Å²) in [7, 11) is 1.62. The lowest BCUT2D eigenvalue weighted by Gasteiger charge is -2.18. The van der Waals surface area contributed by atoms with Gasteiger partial charge < -0.3 is 9.47 Å². The number of methoxy groups -OCH3 is 1. The van der Waals surface area contributed by atoms with Gasteiger partial charge in [0.1, 0.15) is 11.4 Å². The second-order valence-electron chi connectivity index (χ2n) is 6.58. The van der Waals surface area contributed by atoms with E-state index in [9.17, 15) is 4.79 Å². The third kappa shape index (κ3) is 4.13. The van der Waals surface area contributed by atoms with Crippen molar-refractivity contribution >= 4 is 33.8 Å². The zero-order valence-corrected chi connectivity index (χ0v) is 18.0. The van der Waals surface area contributed by atoms with Crippen LogP contribution in [0.2, 0.25) is 0 Å². The molecule has 3 aromatic rings. The average molecular weight is 467 g/mol. The molecule has 4 rings (SSSR count). The molecule has 1 aromatic heterocycles.